The maximum Gasteiger partial charge on any atom is 0.263 e. The predicted octanol–water partition coefficient (Wildman–Crippen LogP) is 3.43. The zero-order valence-electron chi connectivity index (χ0n) is 20.7. The number of hydrogen-bond donors (Lipinski definition) is 1. The van der Waals surface area contributed by atoms with Gasteiger partial charge in [0.1, 0.15) is 11.6 Å². The molecule has 8 heteroatoms. The lowest BCUT2D eigenvalue weighted by Gasteiger charge is -2.59. The van der Waals surface area contributed by atoms with E-state index in [1.165, 1.54) is 42.8 Å². The lowest BCUT2D eigenvalue weighted by molar-refractivity contribution is -0.122. The third kappa shape index (κ3) is 4.73. The number of amides is 1. The number of piperazine rings is 1. The zero-order chi connectivity index (χ0) is 24.8. The lowest BCUT2D eigenvalue weighted by Crippen LogP contribution is -2.56. The summed E-state index contributed by atoms with van der Waals surface area (Å²) in [6.07, 6.45) is 9.27. The van der Waals surface area contributed by atoms with Crippen LogP contribution in [0.4, 0.5) is 0 Å². The second-order valence-corrected chi connectivity index (χ2v) is 13.3. The molecule has 5 aliphatic rings. The number of sulfonamides is 1. The normalized spacial score (nSPS) is 31.7. The van der Waals surface area contributed by atoms with E-state index in [2.05, 4.69) is 18.3 Å². The summed E-state index contributed by atoms with van der Waals surface area (Å²) < 4.78 is 27.4. The molecule has 188 valence electrons. The average molecular weight is 497 g/mol. The minimum absolute atomic E-state index is 0.0525. The van der Waals surface area contributed by atoms with Gasteiger partial charge in [-0.15, -0.1) is 0 Å². The van der Waals surface area contributed by atoms with Crippen LogP contribution < -0.4 is 5.32 Å². The lowest BCUT2D eigenvalue weighted by atomic mass is 9.48. The van der Waals surface area contributed by atoms with Crippen LogP contribution in [0.15, 0.2) is 40.9 Å². The van der Waals surface area contributed by atoms with Gasteiger partial charge < -0.3 is 10.2 Å². The first-order valence-corrected chi connectivity index (χ1v) is 14.4. The van der Waals surface area contributed by atoms with E-state index in [0.29, 0.717) is 31.1 Å². The first-order chi connectivity index (χ1) is 16.7. The van der Waals surface area contributed by atoms with Crippen LogP contribution in [0.2, 0.25) is 0 Å². The Labute approximate surface area is 209 Å². The van der Waals surface area contributed by atoms with Gasteiger partial charge in [0.05, 0.1) is 4.90 Å². The molecule has 4 saturated carbocycles. The third-order valence-electron chi connectivity index (χ3n) is 8.96. The van der Waals surface area contributed by atoms with Crippen molar-refractivity contribution < 1.29 is 13.2 Å². The predicted molar refractivity (Wildman–Crippen MR) is 133 cm³/mol. The molecule has 35 heavy (non-hydrogen) atoms. The molecule has 1 atom stereocenters. The van der Waals surface area contributed by atoms with E-state index < -0.39 is 10.0 Å². The summed E-state index contributed by atoms with van der Waals surface area (Å²) in [7, 11) is -3.55. The first-order valence-electron chi connectivity index (χ1n) is 12.9. The van der Waals surface area contributed by atoms with Crippen LogP contribution in [-0.2, 0) is 14.8 Å². The number of nitrogens with zero attached hydrogens (tertiary/aromatic N) is 3. The minimum Gasteiger partial charge on any atom is -0.373 e. The van der Waals surface area contributed by atoms with Crippen LogP contribution in [0.1, 0.15) is 51.0 Å². The fraction of sp³-hybridized carbons (Fsp3) is 0.630. The molecular weight excluding hydrogens is 460 g/mol. The van der Waals surface area contributed by atoms with Crippen LogP contribution in [0.5, 0.6) is 0 Å². The van der Waals surface area contributed by atoms with Gasteiger partial charge in [-0.1, -0.05) is 17.7 Å². The van der Waals surface area contributed by atoms with Crippen molar-refractivity contribution in [1.29, 1.82) is 5.26 Å². The number of nitrogens with one attached hydrogen (secondary N) is 1. The highest BCUT2D eigenvalue weighted by atomic mass is 32.2. The molecule has 4 aliphatic carbocycles. The summed E-state index contributed by atoms with van der Waals surface area (Å²) in [4.78, 5) is 15.2. The SMILES string of the molecule is Cc1ccc(S(=O)(=O)N2CCN(/C=C(/C#N)C(=O)NC(C)C34CC5CC(CC(C5)C3)C4)CC2)cc1. The Morgan fingerprint density at radius 1 is 1.06 bits per heavy atom. The maximum absolute atomic E-state index is 13.1. The van der Waals surface area contributed by atoms with Crippen molar-refractivity contribution in [1.82, 2.24) is 14.5 Å². The fourth-order valence-electron chi connectivity index (χ4n) is 7.39. The van der Waals surface area contributed by atoms with Crippen LogP contribution >= 0.6 is 0 Å². The van der Waals surface area contributed by atoms with Crippen molar-refractivity contribution >= 4 is 15.9 Å². The molecule has 0 aromatic heterocycles. The molecule has 0 spiro atoms. The molecule has 1 aromatic carbocycles. The first kappa shape index (κ1) is 24.3. The Morgan fingerprint density at radius 3 is 2.11 bits per heavy atom. The van der Waals surface area contributed by atoms with Gasteiger partial charge in [0.2, 0.25) is 10.0 Å². The van der Waals surface area contributed by atoms with E-state index in [-0.39, 0.29) is 22.9 Å². The average Bonchev–Trinajstić information content (AvgIpc) is 2.82. The quantitative estimate of drug-likeness (QED) is 0.481. The van der Waals surface area contributed by atoms with E-state index in [4.69, 9.17) is 0 Å². The Balaban J connectivity index is 1.20. The van der Waals surface area contributed by atoms with Crippen LogP contribution in [-0.4, -0.2) is 55.8 Å². The van der Waals surface area contributed by atoms with Crippen molar-refractivity contribution in [3.05, 3.63) is 41.6 Å². The number of carbonyl (C=O) groups is 1. The maximum atomic E-state index is 13.1. The van der Waals surface area contributed by atoms with Crippen molar-refractivity contribution in [3.63, 3.8) is 0 Å². The highest BCUT2D eigenvalue weighted by molar-refractivity contribution is 7.89. The minimum atomic E-state index is -3.55. The highest BCUT2D eigenvalue weighted by Gasteiger charge is 2.53. The van der Waals surface area contributed by atoms with E-state index in [0.717, 1.165) is 23.3 Å². The third-order valence-corrected chi connectivity index (χ3v) is 10.9. The van der Waals surface area contributed by atoms with Crippen LogP contribution in [0, 0.1) is 41.4 Å². The fourth-order valence-corrected chi connectivity index (χ4v) is 8.81. The van der Waals surface area contributed by atoms with Gasteiger partial charge in [0.15, 0.2) is 0 Å². The van der Waals surface area contributed by atoms with Gasteiger partial charge in [-0.05, 0) is 87.7 Å². The summed E-state index contributed by atoms with van der Waals surface area (Å²) in [6.45, 7) is 5.55. The smallest absolute Gasteiger partial charge is 0.263 e. The summed E-state index contributed by atoms with van der Waals surface area (Å²) in [6, 6.07) is 9.01. The molecule has 4 bridgehead atoms. The number of nitriles is 1. The Morgan fingerprint density at radius 2 is 1.60 bits per heavy atom. The molecule has 1 aromatic rings. The van der Waals surface area contributed by atoms with Crippen LogP contribution in [0.3, 0.4) is 0 Å². The summed E-state index contributed by atoms with van der Waals surface area (Å²) in [5.41, 5.74) is 1.29. The van der Waals surface area contributed by atoms with Crippen molar-refractivity contribution in [3.8, 4) is 6.07 Å². The Bertz CT molecular complexity index is 1110. The molecule has 6 rings (SSSR count). The Hall–Kier alpha value is -2.37. The van der Waals surface area contributed by atoms with Gasteiger partial charge in [-0.2, -0.15) is 9.57 Å². The second-order valence-electron chi connectivity index (χ2n) is 11.4. The molecule has 5 fully saturated rings. The van der Waals surface area contributed by atoms with E-state index in [1.807, 2.05) is 11.8 Å². The van der Waals surface area contributed by atoms with Crippen molar-refractivity contribution in [2.24, 2.45) is 23.2 Å². The molecule has 1 amide bonds. The summed E-state index contributed by atoms with van der Waals surface area (Å²) in [5, 5.41) is 12.9. The summed E-state index contributed by atoms with van der Waals surface area (Å²) >= 11 is 0. The molecule has 1 heterocycles. The molecule has 0 radical (unpaired) electrons. The number of rotatable bonds is 6. The molecule has 7 nitrogen and oxygen atoms in total. The summed E-state index contributed by atoms with van der Waals surface area (Å²) in [5.74, 6) is 2.10. The van der Waals surface area contributed by atoms with Gasteiger partial charge in [0.25, 0.3) is 5.91 Å². The van der Waals surface area contributed by atoms with Gasteiger partial charge in [0, 0.05) is 38.4 Å². The van der Waals surface area contributed by atoms with E-state index in [9.17, 15) is 18.5 Å². The second kappa shape index (κ2) is 9.25. The molecule has 1 aliphatic heterocycles. The largest absolute Gasteiger partial charge is 0.373 e. The molecule has 1 N–H and O–H groups in total. The number of aryl methyl sites for hydroxylation is 1. The van der Waals surface area contributed by atoms with Gasteiger partial charge in [-0.3, -0.25) is 4.79 Å². The van der Waals surface area contributed by atoms with E-state index >= 15 is 0 Å². The van der Waals surface area contributed by atoms with Crippen molar-refractivity contribution in [2.75, 3.05) is 26.2 Å². The molecule has 1 saturated heterocycles. The van der Waals surface area contributed by atoms with Gasteiger partial charge in [-0.25, -0.2) is 8.42 Å². The van der Waals surface area contributed by atoms with Crippen LogP contribution in [0.25, 0.3) is 0 Å². The Kier molecular flexibility index (Phi) is 6.43. The number of carbonyl (C=O) groups excluding carboxylic acids is 1. The number of benzene rings is 1. The van der Waals surface area contributed by atoms with Crippen molar-refractivity contribution in [2.45, 2.75) is 63.3 Å². The standard InChI is InChI=1S/C27H36N4O3S/c1-19-3-5-25(6-4-19)35(33,34)31-9-7-30(8-10-31)18-24(17-28)26(32)29-20(2)27-14-21-11-22(15-27)13-23(12-21)16-27/h3-6,18,20-23H,7-16H2,1-2H3,(H,29,32)/b24-18-. The molecular formula is C27H36N4O3S. The monoisotopic (exact) mass is 496 g/mol. The van der Waals surface area contributed by atoms with Gasteiger partial charge >= 0.3 is 0 Å². The highest BCUT2D eigenvalue weighted by Crippen LogP contribution is 2.61. The zero-order valence-corrected chi connectivity index (χ0v) is 21.6. The van der Waals surface area contributed by atoms with E-state index in [1.54, 1.807) is 30.5 Å². The number of hydrogen-bond acceptors (Lipinski definition) is 5. The topological polar surface area (TPSA) is 93.5 Å². The molecule has 1 unspecified atom stereocenters.